The molecule has 0 aliphatic carbocycles. The first-order valence-corrected chi connectivity index (χ1v) is 6.07. The van der Waals surface area contributed by atoms with Crippen molar-refractivity contribution < 1.29 is 4.74 Å². The van der Waals surface area contributed by atoms with E-state index in [1.165, 1.54) is 0 Å². The van der Waals surface area contributed by atoms with Crippen LogP contribution in [0.1, 0.15) is 48.5 Å². The van der Waals surface area contributed by atoms with Gasteiger partial charge in [-0.2, -0.15) is 0 Å². The molecule has 0 fully saturated rings. The Hall–Kier alpha value is -0.980. The van der Waals surface area contributed by atoms with Gasteiger partial charge in [-0.1, -0.05) is 52.8 Å². The minimum Gasteiger partial charge on any atom is -0.487 e. The topological polar surface area (TPSA) is 9.23 Å². The monoisotopic (exact) mass is 222 g/mol. The normalized spacial score (nSPS) is 11.4. The zero-order valence-corrected chi connectivity index (χ0v) is 11.8. The van der Waals surface area contributed by atoms with Crippen LogP contribution in [0.15, 0.2) is 30.3 Å². The van der Waals surface area contributed by atoms with E-state index in [4.69, 9.17) is 4.74 Å². The average molecular weight is 222 g/mol. The molecule has 0 spiro atoms. The van der Waals surface area contributed by atoms with E-state index in [2.05, 4.69) is 34.6 Å². The molecular formula is C15H26O. The Morgan fingerprint density at radius 2 is 1.25 bits per heavy atom. The van der Waals surface area contributed by atoms with Crippen LogP contribution < -0.4 is 4.74 Å². The second-order valence-electron chi connectivity index (χ2n) is 5.18. The number of rotatable bonds is 2. The van der Waals surface area contributed by atoms with Crippen molar-refractivity contribution in [1.82, 2.24) is 0 Å². The van der Waals surface area contributed by atoms with Gasteiger partial charge in [0.1, 0.15) is 11.4 Å². The van der Waals surface area contributed by atoms with Gasteiger partial charge in [0.15, 0.2) is 0 Å². The Kier molecular flexibility index (Phi) is 5.57. The molecule has 0 aromatic heterocycles. The quantitative estimate of drug-likeness (QED) is 0.690. The molecule has 0 atom stereocenters. The highest BCUT2D eigenvalue weighted by atomic mass is 16.5. The van der Waals surface area contributed by atoms with Gasteiger partial charge in [0.25, 0.3) is 0 Å². The van der Waals surface area contributed by atoms with Crippen LogP contribution in [-0.4, -0.2) is 5.60 Å². The zero-order chi connectivity index (χ0) is 12.8. The maximum atomic E-state index is 5.97. The largest absolute Gasteiger partial charge is 0.487 e. The number of para-hydroxylation sites is 1. The van der Waals surface area contributed by atoms with E-state index < -0.39 is 0 Å². The predicted octanol–water partition coefficient (Wildman–Crippen LogP) is 4.92. The summed E-state index contributed by atoms with van der Waals surface area (Å²) in [4.78, 5) is 0. The van der Waals surface area contributed by atoms with Crippen LogP contribution in [0.3, 0.4) is 0 Å². The Bertz CT molecular complexity index is 280. The lowest BCUT2D eigenvalue weighted by Crippen LogP contribution is -2.42. The van der Waals surface area contributed by atoms with Gasteiger partial charge in [0.2, 0.25) is 0 Å². The molecule has 0 aliphatic heterocycles. The van der Waals surface area contributed by atoms with Crippen molar-refractivity contribution in [2.75, 3.05) is 0 Å². The zero-order valence-electron chi connectivity index (χ0n) is 11.8. The second kappa shape index (κ2) is 5.93. The highest BCUT2D eigenvalue weighted by Crippen LogP contribution is 2.33. The van der Waals surface area contributed by atoms with Crippen LogP contribution in [0, 0.1) is 5.41 Å². The minimum atomic E-state index is -0.158. The molecule has 0 N–H and O–H groups in total. The molecule has 1 nitrogen and oxygen atoms in total. The molecule has 0 bridgehead atoms. The summed E-state index contributed by atoms with van der Waals surface area (Å²) in [6.07, 6.45) is 0. The van der Waals surface area contributed by atoms with E-state index in [1.807, 2.05) is 44.2 Å². The summed E-state index contributed by atoms with van der Waals surface area (Å²) in [6, 6.07) is 9.97. The van der Waals surface area contributed by atoms with E-state index in [-0.39, 0.29) is 11.0 Å². The highest BCUT2D eigenvalue weighted by molar-refractivity contribution is 5.22. The highest BCUT2D eigenvalue weighted by Gasteiger charge is 2.34. The number of benzene rings is 1. The standard InChI is InChI=1S/C13H20O.C2H6/c1-12(2,3)13(4,5)14-11-9-7-6-8-10-11;1-2/h6-10H,1-5H3;1-2H3. The molecule has 16 heavy (non-hydrogen) atoms. The molecule has 1 heteroatoms. The van der Waals surface area contributed by atoms with Gasteiger partial charge in [0, 0.05) is 5.41 Å². The molecule has 0 saturated carbocycles. The van der Waals surface area contributed by atoms with Gasteiger partial charge < -0.3 is 4.74 Å². The molecule has 1 rings (SSSR count). The molecule has 0 aliphatic rings. The Labute approximate surface area is 101 Å². The van der Waals surface area contributed by atoms with E-state index >= 15 is 0 Å². The number of ether oxygens (including phenoxy) is 1. The van der Waals surface area contributed by atoms with Gasteiger partial charge in [-0.05, 0) is 26.0 Å². The molecule has 92 valence electrons. The van der Waals surface area contributed by atoms with Gasteiger partial charge in [-0.25, -0.2) is 0 Å². The summed E-state index contributed by atoms with van der Waals surface area (Å²) in [5.74, 6) is 0.937. The Morgan fingerprint density at radius 3 is 1.62 bits per heavy atom. The Morgan fingerprint density at radius 1 is 0.812 bits per heavy atom. The lowest BCUT2D eigenvalue weighted by molar-refractivity contribution is 0.000813. The van der Waals surface area contributed by atoms with E-state index in [9.17, 15) is 0 Å². The fourth-order valence-corrected chi connectivity index (χ4v) is 0.936. The molecular weight excluding hydrogens is 196 g/mol. The lowest BCUT2D eigenvalue weighted by Gasteiger charge is -2.38. The predicted molar refractivity (Wildman–Crippen MR) is 72.0 cm³/mol. The third-order valence-corrected chi connectivity index (χ3v) is 2.92. The first-order valence-electron chi connectivity index (χ1n) is 6.07. The smallest absolute Gasteiger partial charge is 0.120 e. The van der Waals surface area contributed by atoms with Crippen LogP contribution in [0.4, 0.5) is 0 Å². The summed E-state index contributed by atoms with van der Waals surface area (Å²) >= 11 is 0. The molecule has 1 aromatic carbocycles. The summed E-state index contributed by atoms with van der Waals surface area (Å²) in [5, 5.41) is 0. The van der Waals surface area contributed by atoms with Crippen LogP contribution in [0.5, 0.6) is 5.75 Å². The van der Waals surface area contributed by atoms with E-state index in [0.29, 0.717) is 0 Å². The SMILES string of the molecule is CC.CC(C)(C)C(C)(C)Oc1ccccc1. The molecule has 0 unspecified atom stereocenters. The molecule has 0 amide bonds. The van der Waals surface area contributed by atoms with Crippen molar-refractivity contribution >= 4 is 0 Å². The third-order valence-electron chi connectivity index (χ3n) is 2.92. The maximum Gasteiger partial charge on any atom is 0.120 e. The molecule has 0 radical (unpaired) electrons. The van der Waals surface area contributed by atoms with Crippen LogP contribution in [0.2, 0.25) is 0 Å². The van der Waals surface area contributed by atoms with Gasteiger partial charge in [-0.15, -0.1) is 0 Å². The fraction of sp³-hybridized carbons (Fsp3) is 0.600. The molecule has 0 heterocycles. The van der Waals surface area contributed by atoms with Crippen LogP contribution in [-0.2, 0) is 0 Å². The second-order valence-corrected chi connectivity index (χ2v) is 5.18. The number of hydrogen-bond donors (Lipinski definition) is 0. The molecule has 1 aromatic rings. The first-order chi connectivity index (χ1) is 7.33. The fourth-order valence-electron chi connectivity index (χ4n) is 0.936. The van der Waals surface area contributed by atoms with Gasteiger partial charge in [0.05, 0.1) is 0 Å². The van der Waals surface area contributed by atoms with Crippen LogP contribution in [0.25, 0.3) is 0 Å². The van der Waals surface area contributed by atoms with E-state index in [0.717, 1.165) is 5.75 Å². The van der Waals surface area contributed by atoms with Gasteiger partial charge >= 0.3 is 0 Å². The van der Waals surface area contributed by atoms with Crippen molar-refractivity contribution in [3.8, 4) is 5.75 Å². The van der Waals surface area contributed by atoms with Crippen molar-refractivity contribution in [3.63, 3.8) is 0 Å². The minimum absolute atomic E-state index is 0.128. The summed E-state index contributed by atoms with van der Waals surface area (Å²) in [6.45, 7) is 14.8. The first kappa shape index (κ1) is 15.0. The Balaban J connectivity index is 0.00000106. The van der Waals surface area contributed by atoms with E-state index in [1.54, 1.807) is 0 Å². The average Bonchev–Trinajstić information content (AvgIpc) is 2.20. The third kappa shape index (κ3) is 4.26. The van der Waals surface area contributed by atoms with Gasteiger partial charge in [-0.3, -0.25) is 0 Å². The lowest BCUT2D eigenvalue weighted by atomic mass is 9.79. The summed E-state index contributed by atoms with van der Waals surface area (Å²) in [7, 11) is 0. The summed E-state index contributed by atoms with van der Waals surface area (Å²) < 4.78 is 5.97. The molecule has 0 saturated heterocycles. The summed E-state index contributed by atoms with van der Waals surface area (Å²) in [5.41, 5.74) is -0.0306. The van der Waals surface area contributed by atoms with Crippen molar-refractivity contribution in [2.45, 2.75) is 54.1 Å². The van der Waals surface area contributed by atoms with Crippen LogP contribution >= 0.6 is 0 Å². The van der Waals surface area contributed by atoms with Crippen molar-refractivity contribution in [3.05, 3.63) is 30.3 Å². The van der Waals surface area contributed by atoms with Crippen molar-refractivity contribution in [2.24, 2.45) is 5.41 Å². The number of hydrogen-bond acceptors (Lipinski definition) is 1. The van der Waals surface area contributed by atoms with Crippen molar-refractivity contribution in [1.29, 1.82) is 0 Å². The maximum absolute atomic E-state index is 5.97.